The Kier molecular flexibility index (Phi) is 12.9. The van der Waals surface area contributed by atoms with E-state index in [-0.39, 0.29) is 82.0 Å². The molecule has 0 atom stereocenters. The first-order valence-corrected chi connectivity index (χ1v) is 17.4. The molecule has 4 N–H and O–H groups in total. The third-order valence-corrected chi connectivity index (χ3v) is 9.61. The number of methoxy groups -OCH3 is 2. The van der Waals surface area contributed by atoms with Crippen LogP contribution in [0.2, 0.25) is 0 Å². The van der Waals surface area contributed by atoms with Crippen molar-refractivity contribution in [3.8, 4) is 34.1 Å². The summed E-state index contributed by atoms with van der Waals surface area (Å²) in [6.45, 7) is 0. The van der Waals surface area contributed by atoms with E-state index in [1.165, 1.54) is 14.2 Å². The number of rotatable bonds is 9. The van der Waals surface area contributed by atoms with Crippen LogP contribution in [0.5, 0.6) is 23.0 Å². The van der Waals surface area contributed by atoms with E-state index in [0.29, 0.717) is 34.3 Å². The summed E-state index contributed by atoms with van der Waals surface area (Å²) in [4.78, 5) is -2.25. The smallest absolute Gasteiger partial charge is 0.744 e. The van der Waals surface area contributed by atoms with Crippen LogP contribution in [0.3, 0.4) is 0 Å². The number of benzene rings is 6. The Morgan fingerprint density at radius 2 is 1.15 bits per heavy atom. The topological polar surface area (TPSA) is 249 Å². The van der Waals surface area contributed by atoms with Gasteiger partial charge in [-0.15, -0.1) is 20.5 Å². The van der Waals surface area contributed by atoms with Gasteiger partial charge >= 0.3 is 59.1 Å². The molecule has 19 heteroatoms. The van der Waals surface area contributed by atoms with E-state index in [1.54, 1.807) is 48.5 Å². The van der Waals surface area contributed by atoms with E-state index < -0.39 is 52.2 Å². The average Bonchev–Trinajstić information content (AvgIpc) is 3.09. The van der Waals surface area contributed by atoms with Crippen molar-refractivity contribution >= 4 is 70.2 Å². The van der Waals surface area contributed by atoms with Crippen molar-refractivity contribution in [1.29, 1.82) is 0 Å². The van der Waals surface area contributed by atoms with Crippen LogP contribution in [0.25, 0.3) is 32.7 Å². The van der Waals surface area contributed by atoms with Crippen molar-refractivity contribution in [2.75, 3.05) is 20.0 Å². The molecule has 0 aliphatic heterocycles. The molecule has 6 rings (SSSR count). The molecular formula is C34H25N5Na2O10S2. The van der Waals surface area contributed by atoms with E-state index in [0.717, 1.165) is 22.9 Å². The van der Waals surface area contributed by atoms with E-state index in [2.05, 4.69) is 20.5 Å². The third-order valence-electron chi connectivity index (χ3n) is 7.85. The fourth-order valence-electron chi connectivity index (χ4n) is 5.39. The number of hydrogen-bond donors (Lipinski definition) is 3. The number of azo groups is 2. The molecule has 0 saturated heterocycles. The number of nitrogens with zero attached hydrogens (tertiary/aromatic N) is 4. The summed E-state index contributed by atoms with van der Waals surface area (Å²) in [5.41, 5.74) is 7.09. The van der Waals surface area contributed by atoms with Crippen LogP contribution < -0.4 is 74.3 Å². The van der Waals surface area contributed by atoms with Gasteiger partial charge in [-0.25, -0.2) is 16.8 Å². The van der Waals surface area contributed by atoms with Gasteiger partial charge in [0.2, 0.25) is 0 Å². The number of phenols is 2. The van der Waals surface area contributed by atoms with Crippen molar-refractivity contribution in [2.24, 2.45) is 20.5 Å². The first-order valence-electron chi connectivity index (χ1n) is 14.6. The van der Waals surface area contributed by atoms with Gasteiger partial charge in [-0.1, -0.05) is 48.5 Å². The SMILES string of the molecule is COc1cc(-c2ccc(N=Nc3c(O)ccc4ccccc34)c(OC)c2)ccc1N=Nc1ccc2c(S(=O)(=O)[O-])cc(S(=O)(=O)[O-])c(N)c2c1O.[Na+].[Na+]. The molecule has 0 aliphatic carbocycles. The minimum atomic E-state index is -5.35. The Hall–Kier alpha value is -4.14. The van der Waals surface area contributed by atoms with Gasteiger partial charge < -0.3 is 34.5 Å². The zero-order valence-corrected chi connectivity index (χ0v) is 34.1. The van der Waals surface area contributed by atoms with Gasteiger partial charge in [-0.2, -0.15) is 0 Å². The maximum Gasteiger partial charge on any atom is 1.00 e. The van der Waals surface area contributed by atoms with Crippen molar-refractivity contribution in [2.45, 2.75) is 9.79 Å². The summed E-state index contributed by atoms with van der Waals surface area (Å²) in [5.74, 6) is -0.194. The maximum absolute atomic E-state index is 11.9. The van der Waals surface area contributed by atoms with Crippen molar-refractivity contribution in [1.82, 2.24) is 0 Å². The van der Waals surface area contributed by atoms with Crippen molar-refractivity contribution < 1.29 is 105 Å². The van der Waals surface area contributed by atoms with Gasteiger partial charge in [0.25, 0.3) is 0 Å². The van der Waals surface area contributed by atoms with Gasteiger partial charge in [-0.05, 0) is 59.0 Å². The predicted molar refractivity (Wildman–Crippen MR) is 185 cm³/mol. The summed E-state index contributed by atoms with van der Waals surface area (Å²) in [6, 6.07) is 23.5. The van der Waals surface area contributed by atoms with Crippen LogP contribution in [-0.2, 0) is 20.2 Å². The Labute approximate surface area is 347 Å². The first-order chi connectivity index (χ1) is 24.2. The van der Waals surface area contributed by atoms with E-state index in [1.807, 2.05) is 24.3 Å². The number of aromatic hydroxyl groups is 2. The molecule has 0 spiro atoms. The molecule has 0 unspecified atom stereocenters. The molecule has 6 aromatic carbocycles. The molecule has 0 radical (unpaired) electrons. The van der Waals surface area contributed by atoms with Crippen LogP contribution in [0.4, 0.5) is 28.4 Å². The van der Waals surface area contributed by atoms with Crippen LogP contribution >= 0.6 is 0 Å². The second-order valence-electron chi connectivity index (χ2n) is 10.9. The largest absolute Gasteiger partial charge is 1.00 e. The van der Waals surface area contributed by atoms with E-state index in [9.17, 15) is 36.2 Å². The van der Waals surface area contributed by atoms with Crippen LogP contribution in [-0.4, -0.2) is 50.4 Å². The summed E-state index contributed by atoms with van der Waals surface area (Å²) in [7, 11) is -7.77. The van der Waals surface area contributed by atoms with Gasteiger partial charge in [0.15, 0.2) is 5.75 Å². The second-order valence-corrected chi connectivity index (χ2v) is 13.6. The Balaban J connectivity index is 0.00000314. The molecule has 15 nitrogen and oxygen atoms in total. The molecule has 0 saturated carbocycles. The Bertz CT molecular complexity index is 2680. The quantitative estimate of drug-likeness (QED) is 0.0818. The minimum absolute atomic E-state index is 0. The monoisotopic (exact) mass is 773 g/mol. The first kappa shape index (κ1) is 41.6. The van der Waals surface area contributed by atoms with Gasteiger partial charge in [0.1, 0.15) is 60.2 Å². The number of anilines is 1. The molecule has 0 amide bonds. The second kappa shape index (κ2) is 16.5. The number of ether oxygens (including phenoxy) is 2. The molecule has 0 fully saturated rings. The molecule has 260 valence electrons. The van der Waals surface area contributed by atoms with Gasteiger partial charge in [0.05, 0.1) is 35.1 Å². The fraction of sp³-hybridized carbons (Fsp3) is 0.0588. The van der Waals surface area contributed by atoms with Crippen LogP contribution in [0, 0.1) is 0 Å². The Morgan fingerprint density at radius 1 is 0.623 bits per heavy atom. The normalized spacial score (nSPS) is 11.8. The molecule has 0 aliphatic rings. The van der Waals surface area contributed by atoms with E-state index in [4.69, 9.17) is 15.2 Å². The van der Waals surface area contributed by atoms with Crippen molar-refractivity contribution in [3.05, 3.63) is 91.0 Å². The molecular weight excluding hydrogens is 749 g/mol. The fourth-order valence-corrected chi connectivity index (χ4v) is 6.80. The summed E-state index contributed by atoms with van der Waals surface area (Å²) in [5, 5.41) is 38.7. The van der Waals surface area contributed by atoms with Crippen LogP contribution in [0.1, 0.15) is 0 Å². The zero-order chi connectivity index (χ0) is 36.7. The number of phenolic OH excluding ortho intramolecular Hbond substituents is 2. The average molecular weight is 774 g/mol. The van der Waals surface area contributed by atoms with Gasteiger partial charge in [0, 0.05) is 10.8 Å². The van der Waals surface area contributed by atoms with Gasteiger partial charge in [-0.3, -0.25) is 0 Å². The van der Waals surface area contributed by atoms with Crippen molar-refractivity contribution in [3.63, 3.8) is 0 Å². The molecule has 6 aromatic rings. The molecule has 0 aromatic heterocycles. The summed E-state index contributed by atoms with van der Waals surface area (Å²) in [6.07, 6.45) is 0. The maximum atomic E-state index is 11.9. The number of fused-ring (bicyclic) bond motifs is 2. The molecule has 0 heterocycles. The predicted octanol–water partition coefficient (Wildman–Crippen LogP) is 1.32. The number of nitrogens with two attached hydrogens (primary N) is 1. The summed E-state index contributed by atoms with van der Waals surface area (Å²) < 4.78 is 82.0. The standard InChI is InChI=1S/C34H27N5O10S2.2Na/c1-48-27-15-19(20-8-12-24(28(16-20)49-2)37-39-33-21-6-4-3-5-18(21)9-14-26(33)40)7-11-23(27)36-38-25-13-10-22-29(50(42,43)44)17-30(51(45,46)47)32(35)31(22)34(25)41;;/h3-17,40-41H,35H2,1-2H3,(H,42,43,44)(H,45,46,47);;/q;2*+1/p-2. The number of nitrogen functional groups attached to an aromatic ring is 1. The minimum Gasteiger partial charge on any atom is -0.744 e. The number of hydrogen-bond acceptors (Lipinski definition) is 15. The molecule has 53 heavy (non-hydrogen) atoms. The van der Waals surface area contributed by atoms with Crippen LogP contribution in [0.15, 0.2) is 121 Å². The third kappa shape index (κ3) is 8.49. The Morgan fingerprint density at radius 3 is 1.72 bits per heavy atom. The van der Waals surface area contributed by atoms with E-state index >= 15 is 0 Å². The summed E-state index contributed by atoms with van der Waals surface area (Å²) >= 11 is 0. The zero-order valence-electron chi connectivity index (χ0n) is 28.5. The molecule has 0 bridgehead atoms.